The number of nitrogens with zero attached hydrogens (tertiary/aromatic N) is 2. The normalized spacial score (nSPS) is 10.1. The van der Waals surface area contributed by atoms with Crippen LogP contribution in [-0.2, 0) is 0 Å². The molecule has 5 nitrogen and oxygen atoms in total. The predicted molar refractivity (Wildman–Crippen MR) is 66.0 cm³/mol. The van der Waals surface area contributed by atoms with Gasteiger partial charge < -0.3 is 9.84 Å². The van der Waals surface area contributed by atoms with Crippen molar-refractivity contribution in [2.75, 3.05) is 7.11 Å². The summed E-state index contributed by atoms with van der Waals surface area (Å²) in [5, 5.41) is 9.54. The van der Waals surface area contributed by atoms with Gasteiger partial charge in [0.05, 0.1) is 13.3 Å². The number of carboxylic acids is 1. The molecular weight excluding hydrogens is 256 g/mol. The fourth-order valence-corrected chi connectivity index (χ4v) is 1.78. The first-order valence-corrected chi connectivity index (χ1v) is 5.38. The van der Waals surface area contributed by atoms with Crippen LogP contribution in [0.3, 0.4) is 0 Å². The Kier molecular flexibility index (Phi) is 3.43. The number of aromatic nitrogens is 2. The molecule has 0 aromatic carbocycles. The Labute approximate surface area is 108 Å². The summed E-state index contributed by atoms with van der Waals surface area (Å²) in [5.74, 6) is -0.884. The molecule has 2 rings (SSSR count). The summed E-state index contributed by atoms with van der Waals surface area (Å²) in [6.45, 7) is 0. The van der Waals surface area contributed by atoms with E-state index in [1.54, 1.807) is 12.1 Å². The van der Waals surface area contributed by atoms with Gasteiger partial charge in [0.1, 0.15) is 10.7 Å². The molecule has 0 aliphatic rings. The second kappa shape index (κ2) is 5.01. The summed E-state index contributed by atoms with van der Waals surface area (Å²) in [5.41, 5.74) is 1.11. The molecule has 0 amide bonds. The lowest BCUT2D eigenvalue weighted by atomic mass is 10.0. The van der Waals surface area contributed by atoms with E-state index in [-0.39, 0.29) is 16.5 Å². The SMILES string of the molecule is COc1cncc(-c2ccnc(Cl)c2)c1C(=O)O. The van der Waals surface area contributed by atoms with Crippen molar-refractivity contribution < 1.29 is 14.6 Å². The minimum absolute atomic E-state index is 0.0507. The molecule has 0 atom stereocenters. The van der Waals surface area contributed by atoms with Gasteiger partial charge in [-0.3, -0.25) is 4.98 Å². The second-order valence-electron chi connectivity index (χ2n) is 3.44. The number of hydrogen-bond donors (Lipinski definition) is 1. The highest BCUT2D eigenvalue weighted by molar-refractivity contribution is 6.29. The third-order valence-electron chi connectivity index (χ3n) is 2.38. The van der Waals surface area contributed by atoms with Crippen molar-refractivity contribution in [3.8, 4) is 16.9 Å². The zero-order chi connectivity index (χ0) is 13.1. The maximum atomic E-state index is 11.3. The van der Waals surface area contributed by atoms with Crippen molar-refractivity contribution in [2.45, 2.75) is 0 Å². The number of halogens is 1. The van der Waals surface area contributed by atoms with Gasteiger partial charge in [0, 0.05) is 18.0 Å². The number of ether oxygens (including phenoxy) is 1. The van der Waals surface area contributed by atoms with Crippen LogP contribution in [0.25, 0.3) is 11.1 Å². The molecule has 0 unspecified atom stereocenters. The number of methoxy groups -OCH3 is 1. The van der Waals surface area contributed by atoms with E-state index in [0.717, 1.165) is 0 Å². The molecule has 0 saturated heterocycles. The van der Waals surface area contributed by atoms with Crippen LogP contribution in [0.4, 0.5) is 0 Å². The van der Waals surface area contributed by atoms with Crippen molar-refractivity contribution in [3.63, 3.8) is 0 Å². The fourth-order valence-electron chi connectivity index (χ4n) is 1.61. The third kappa shape index (κ3) is 2.26. The van der Waals surface area contributed by atoms with Gasteiger partial charge in [-0.15, -0.1) is 0 Å². The zero-order valence-corrected chi connectivity index (χ0v) is 10.2. The Morgan fingerprint density at radius 1 is 1.44 bits per heavy atom. The van der Waals surface area contributed by atoms with E-state index < -0.39 is 5.97 Å². The average molecular weight is 265 g/mol. The van der Waals surface area contributed by atoms with E-state index in [4.69, 9.17) is 16.3 Å². The molecule has 2 heterocycles. The first kappa shape index (κ1) is 12.3. The number of hydrogen-bond acceptors (Lipinski definition) is 4. The van der Waals surface area contributed by atoms with Crippen LogP contribution in [-0.4, -0.2) is 28.2 Å². The molecule has 0 aliphatic heterocycles. The maximum Gasteiger partial charge on any atom is 0.340 e. The molecule has 0 bridgehead atoms. The smallest absolute Gasteiger partial charge is 0.340 e. The standard InChI is InChI=1S/C12H9ClN2O3/c1-18-9-6-14-5-8(11(9)12(16)17)7-2-3-15-10(13)4-7/h2-6H,1H3,(H,16,17). The van der Waals surface area contributed by atoms with Crippen LogP contribution in [0.1, 0.15) is 10.4 Å². The van der Waals surface area contributed by atoms with Gasteiger partial charge in [-0.1, -0.05) is 11.6 Å². The van der Waals surface area contributed by atoms with Gasteiger partial charge in [-0.05, 0) is 17.7 Å². The first-order valence-electron chi connectivity index (χ1n) is 5.00. The summed E-state index contributed by atoms with van der Waals surface area (Å²) >= 11 is 5.79. The quantitative estimate of drug-likeness (QED) is 0.863. The molecule has 0 saturated carbocycles. The van der Waals surface area contributed by atoms with E-state index in [2.05, 4.69) is 9.97 Å². The Bertz CT molecular complexity index is 602. The summed E-state index contributed by atoms with van der Waals surface area (Å²) in [6.07, 6.45) is 4.32. The molecule has 6 heteroatoms. The van der Waals surface area contributed by atoms with Gasteiger partial charge in [0.15, 0.2) is 5.75 Å². The molecule has 0 radical (unpaired) electrons. The largest absolute Gasteiger partial charge is 0.494 e. The molecule has 2 aromatic heterocycles. The lowest BCUT2D eigenvalue weighted by Gasteiger charge is -2.09. The monoisotopic (exact) mass is 264 g/mol. The van der Waals surface area contributed by atoms with Crippen molar-refractivity contribution in [3.05, 3.63) is 41.4 Å². The summed E-state index contributed by atoms with van der Waals surface area (Å²) in [4.78, 5) is 19.1. The van der Waals surface area contributed by atoms with Crippen molar-refractivity contribution in [1.82, 2.24) is 9.97 Å². The molecule has 0 aliphatic carbocycles. The number of aromatic carboxylic acids is 1. The molecule has 1 N–H and O–H groups in total. The minimum Gasteiger partial charge on any atom is -0.494 e. The Morgan fingerprint density at radius 2 is 2.22 bits per heavy atom. The molecule has 18 heavy (non-hydrogen) atoms. The van der Waals surface area contributed by atoms with Crippen molar-refractivity contribution >= 4 is 17.6 Å². The maximum absolute atomic E-state index is 11.3. The zero-order valence-electron chi connectivity index (χ0n) is 9.42. The van der Waals surface area contributed by atoms with E-state index in [9.17, 15) is 9.90 Å². The van der Waals surface area contributed by atoms with Crippen LogP contribution in [0.15, 0.2) is 30.7 Å². The number of carbonyl (C=O) groups is 1. The predicted octanol–water partition coefficient (Wildman–Crippen LogP) is 2.50. The first-order chi connectivity index (χ1) is 8.63. The highest BCUT2D eigenvalue weighted by Crippen LogP contribution is 2.30. The highest BCUT2D eigenvalue weighted by atomic mass is 35.5. The fraction of sp³-hybridized carbons (Fsp3) is 0.0833. The van der Waals surface area contributed by atoms with Crippen LogP contribution in [0.2, 0.25) is 5.15 Å². The van der Waals surface area contributed by atoms with Gasteiger partial charge >= 0.3 is 5.97 Å². The molecule has 0 fully saturated rings. The number of pyridine rings is 2. The van der Waals surface area contributed by atoms with Gasteiger partial charge in [0.2, 0.25) is 0 Å². The van der Waals surface area contributed by atoms with Crippen LogP contribution in [0, 0.1) is 0 Å². The molecule has 0 spiro atoms. The summed E-state index contributed by atoms with van der Waals surface area (Å²) < 4.78 is 5.01. The molecular formula is C12H9ClN2O3. The van der Waals surface area contributed by atoms with Crippen LogP contribution in [0.5, 0.6) is 5.75 Å². The Hall–Kier alpha value is -2.14. The summed E-state index contributed by atoms with van der Waals surface area (Å²) in [6, 6.07) is 3.24. The second-order valence-corrected chi connectivity index (χ2v) is 3.82. The Morgan fingerprint density at radius 3 is 2.83 bits per heavy atom. The number of carboxylic acid groups (broad SMARTS) is 1. The van der Waals surface area contributed by atoms with Crippen molar-refractivity contribution in [1.29, 1.82) is 0 Å². The highest BCUT2D eigenvalue weighted by Gasteiger charge is 2.18. The summed E-state index contributed by atoms with van der Waals surface area (Å²) in [7, 11) is 1.40. The molecule has 2 aromatic rings. The average Bonchev–Trinajstić information content (AvgIpc) is 2.37. The van der Waals surface area contributed by atoms with E-state index >= 15 is 0 Å². The van der Waals surface area contributed by atoms with Gasteiger partial charge in [-0.2, -0.15) is 0 Å². The lowest BCUT2D eigenvalue weighted by molar-refractivity contribution is 0.0694. The molecule has 92 valence electrons. The lowest BCUT2D eigenvalue weighted by Crippen LogP contribution is -2.04. The number of rotatable bonds is 3. The minimum atomic E-state index is -1.09. The Balaban J connectivity index is 2.67. The van der Waals surface area contributed by atoms with Crippen LogP contribution < -0.4 is 4.74 Å². The van der Waals surface area contributed by atoms with Gasteiger partial charge in [0.25, 0.3) is 0 Å². The van der Waals surface area contributed by atoms with Crippen molar-refractivity contribution in [2.24, 2.45) is 0 Å². The third-order valence-corrected chi connectivity index (χ3v) is 2.59. The van der Waals surface area contributed by atoms with Gasteiger partial charge in [-0.25, -0.2) is 9.78 Å². The topological polar surface area (TPSA) is 72.3 Å². The van der Waals surface area contributed by atoms with E-state index in [1.807, 2.05) is 0 Å². The van der Waals surface area contributed by atoms with E-state index in [1.165, 1.54) is 25.7 Å². The van der Waals surface area contributed by atoms with Crippen LogP contribution >= 0.6 is 11.6 Å². The van der Waals surface area contributed by atoms with E-state index in [0.29, 0.717) is 11.1 Å².